The smallest absolute Gasteiger partial charge is 0.0728 e. The van der Waals surface area contributed by atoms with Crippen LogP contribution in [0.15, 0.2) is 18.3 Å². The first-order chi connectivity index (χ1) is 8.31. The van der Waals surface area contributed by atoms with E-state index in [4.69, 9.17) is 4.74 Å². The maximum absolute atomic E-state index is 5.59. The second-order valence-electron chi connectivity index (χ2n) is 4.69. The van der Waals surface area contributed by atoms with E-state index in [2.05, 4.69) is 23.3 Å². The van der Waals surface area contributed by atoms with Crippen LogP contribution < -0.4 is 5.32 Å². The molecular weight excluding hydrogens is 212 g/mol. The van der Waals surface area contributed by atoms with Crippen molar-refractivity contribution in [2.75, 3.05) is 14.2 Å². The maximum Gasteiger partial charge on any atom is 0.0728 e. The summed E-state index contributed by atoms with van der Waals surface area (Å²) in [6, 6.07) is 4.59. The third kappa shape index (κ3) is 2.35. The van der Waals surface area contributed by atoms with E-state index in [1.54, 1.807) is 7.11 Å². The molecule has 1 N–H and O–H groups in total. The van der Waals surface area contributed by atoms with E-state index in [0.717, 1.165) is 12.8 Å². The lowest BCUT2D eigenvalue weighted by Crippen LogP contribution is -2.43. The highest BCUT2D eigenvalue weighted by molar-refractivity contribution is 5.30. The molecular formula is C14H22N2O. The first kappa shape index (κ1) is 12.5. The number of pyridine rings is 1. The fraction of sp³-hybridized carbons (Fsp3) is 0.643. The fourth-order valence-corrected chi connectivity index (χ4v) is 3.01. The van der Waals surface area contributed by atoms with Gasteiger partial charge >= 0.3 is 0 Å². The number of methoxy groups -OCH3 is 1. The van der Waals surface area contributed by atoms with E-state index in [0.29, 0.717) is 12.0 Å². The SMILES string of the molecule is CCC(OC)C(NC)C1CCc2cccnc21. The van der Waals surface area contributed by atoms with Crippen molar-refractivity contribution in [1.82, 2.24) is 10.3 Å². The van der Waals surface area contributed by atoms with Crippen LogP contribution in [0.5, 0.6) is 0 Å². The quantitative estimate of drug-likeness (QED) is 0.847. The van der Waals surface area contributed by atoms with Gasteiger partial charge in [0.05, 0.1) is 6.10 Å². The molecule has 0 radical (unpaired) electrons. The first-order valence-corrected chi connectivity index (χ1v) is 6.45. The molecule has 94 valence electrons. The van der Waals surface area contributed by atoms with E-state index in [1.807, 2.05) is 19.3 Å². The number of nitrogens with zero attached hydrogens (tertiary/aromatic N) is 1. The zero-order chi connectivity index (χ0) is 12.3. The molecule has 1 aliphatic rings. The third-order valence-corrected chi connectivity index (χ3v) is 3.87. The summed E-state index contributed by atoms with van der Waals surface area (Å²) in [5.41, 5.74) is 2.67. The molecule has 17 heavy (non-hydrogen) atoms. The van der Waals surface area contributed by atoms with Crippen molar-refractivity contribution in [3.8, 4) is 0 Å². The van der Waals surface area contributed by atoms with Gasteiger partial charge in [-0.3, -0.25) is 4.98 Å². The summed E-state index contributed by atoms with van der Waals surface area (Å²) in [5, 5.41) is 3.42. The van der Waals surface area contributed by atoms with Crippen LogP contribution in [0.4, 0.5) is 0 Å². The van der Waals surface area contributed by atoms with Crippen LogP contribution in [0.1, 0.15) is 36.9 Å². The largest absolute Gasteiger partial charge is 0.380 e. The standard InChI is InChI=1S/C14H22N2O/c1-4-12(17-3)14(15-2)11-8-7-10-6-5-9-16-13(10)11/h5-6,9,11-12,14-15H,4,7-8H2,1-3H3. The van der Waals surface area contributed by atoms with Crippen LogP contribution in [-0.4, -0.2) is 31.3 Å². The number of hydrogen-bond acceptors (Lipinski definition) is 3. The Balaban J connectivity index is 2.22. The molecule has 1 heterocycles. The van der Waals surface area contributed by atoms with Crippen molar-refractivity contribution in [3.63, 3.8) is 0 Å². The van der Waals surface area contributed by atoms with Crippen LogP contribution in [0.2, 0.25) is 0 Å². The van der Waals surface area contributed by atoms with Crippen LogP contribution in [0, 0.1) is 0 Å². The number of aromatic nitrogens is 1. The number of fused-ring (bicyclic) bond motifs is 1. The second kappa shape index (κ2) is 5.61. The molecule has 1 aromatic heterocycles. The van der Waals surface area contributed by atoms with Gasteiger partial charge in [-0.1, -0.05) is 13.0 Å². The predicted molar refractivity (Wildman–Crippen MR) is 69.2 cm³/mol. The van der Waals surface area contributed by atoms with Crippen LogP contribution >= 0.6 is 0 Å². The number of hydrogen-bond donors (Lipinski definition) is 1. The normalized spacial score (nSPS) is 22.2. The molecule has 3 heteroatoms. The minimum Gasteiger partial charge on any atom is -0.380 e. The van der Waals surface area contributed by atoms with E-state index < -0.39 is 0 Å². The molecule has 1 aliphatic carbocycles. The molecule has 0 aliphatic heterocycles. The Labute approximate surface area is 104 Å². The van der Waals surface area contributed by atoms with E-state index in [1.165, 1.54) is 17.7 Å². The highest BCUT2D eigenvalue weighted by Crippen LogP contribution is 2.35. The Morgan fingerprint density at radius 1 is 1.59 bits per heavy atom. The molecule has 0 saturated carbocycles. The van der Waals surface area contributed by atoms with Crippen LogP contribution in [0.3, 0.4) is 0 Å². The Morgan fingerprint density at radius 3 is 3.06 bits per heavy atom. The number of likely N-dealkylation sites (N-methyl/N-ethyl adjacent to an activating group) is 1. The lowest BCUT2D eigenvalue weighted by atomic mass is 9.91. The first-order valence-electron chi connectivity index (χ1n) is 6.45. The fourth-order valence-electron chi connectivity index (χ4n) is 3.01. The summed E-state index contributed by atoms with van der Waals surface area (Å²) in [6.45, 7) is 2.17. The summed E-state index contributed by atoms with van der Waals surface area (Å²) in [5.74, 6) is 0.487. The topological polar surface area (TPSA) is 34.1 Å². The van der Waals surface area contributed by atoms with E-state index >= 15 is 0 Å². The molecule has 3 nitrogen and oxygen atoms in total. The van der Waals surface area contributed by atoms with Gasteiger partial charge in [0.2, 0.25) is 0 Å². The minimum absolute atomic E-state index is 0.262. The van der Waals surface area contributed by atoms with Crippen molar-refractivity contribution in [1.29, 1.82) is 0 Å². The van der Waals surface area contributed by atoms with Gasteiger partial charge < -0.3 is 10.1 Å². The Morgan fingerprint density at radius 2 is 2.41 bits per heavy atom. The molecule has 0 amide bonds. The highest BCUT2D eigenvalue weighted by Gasteiger charge is 2.34. The minimum atomic E-state index is 0.262. The van der Waals surface area contributed by atoms with Gasteiger partial charge in [-0.15, -0.1) is 0 Å². The molecule has 3 atom stereocenters. The van der Waals surface area contributed by atoms with Gasteiger partial charge in [0.25, 0.3) is 0 Å². The average molecular weight is 234 g/mol. The van der Waals surface area contributed by atoms with Crippen molar-refractivity contribution in [2.45, 2.75) is 44.2 Å². The van der Waals surface area contributed by atoms with Crippen molar-refractivity contribution >= 4 is 0 Å². The number of nitrogens with one attached hydrogen (secondary N) is 1. The third-order valence-electron chi connectivity index (χ3n) is 3.87. The van der Waals surface area contributed by atoms with Gasteiger partial charge in [-0.05, 0) is 37.9 Å². The summed E-state index contributed by atoms with van der Waals surface area (Å²) in [4.78, 5) is 4.56. The summed E-state index contributed by atoms with van der Waals surface area (Å²) in [6.07, 6.45) is 5.51. The number of rotatable bonds is 5. The Hall–Kier alpha value is -0.930. The lowest BCUT2D eigenvalue weighted by Gasteiger charge is -2.30. The van der Waals surface area contributed by atoms with Crippen molar-refractivity contribution < 1.29 is 4.74 Å². The van der Waals surface area contributed by atoms with Crippen LogP contribution in [-0.2, 0) is 11.2 Å². The van der Waals surface area contributed by atoms with Crippen LogP contribution in [0.25, 0.3) is 0 Å². The molecule has 0 fully saturated rings. The molecule has 0 spiro atoms. The molecule has 0 bridgehead atoms. The summed E-state index contributed by atoms with van der Waals surface area (Å²) < 4.78 is 5.59. The lowest BCUT2D eigenvalue weighted by molar-refractivity contribution is 0.0582. The van der Waals surface area contributed by atoms with Gasteiger partial charge in [0.15, 0.2) is 0 Å². The van der Waals surface area contributed by atoms with Crippen molar-refractivity contribution in [3.05, 3.63) is 29.6 Å². The number of aryl methyl sites for hydroxylation is 1. The maximum atomic E-state index is 5.59. The molecule has 1 aromatic rings. The van der Waals surface area contributed by atoms with Crippen molar-refractivity contribution in [2.24, 2.45) is 0 Å². The molecule has 3 unspecified atom stereocenters. The Kier molecular flexibility index (Phi) is 4.13. The van der Waals surface area contributed by atoms with Gasteiger partial charge in [0, 0.05) is 31.0 Å². The Bertz CT molecular complexity index is 363. The van der Waals surface area contributed by atoms with Gasteiger partial charge in [0.1, 0.15) is 0 Å². The average Bonchev–Trinajstić information content (AvgIpc) is 2.79. The van der Waals surface area contributed by atoms with E-state index in [-0.39, 0.29) is 6.10 Å². The monoisotopic (exact) mass is 234 g/mol. The number of ether oxygens (including phenoxy) is 1. The van der Waals surface area contributed by atoms with E-state index in [9.17, 15) is 0 Å². The van der Waals surface area contributed by atoms with Gasteiger partial charge in [-0.25, -0.2) is 0 Å². The summed E-state index contributed by atoms with van der Waals surface area (Å²) >= 11 is 0. The zero-order valence-corrected chi connectivity index (χ0v) is 10.9. The molecule has 0 aromatic carbocycles. The molecule has 2 rings (SSSR count). The highest BCUT2D eigenvalue weighted by atomic mass is 16.5. The molecule has 0 saturated heterocycles. The second-order valence-corrected chi connectivity index (χ2v) is 4.69. The predicted octanol–water partition coefficient (Wildman–Crippen LogP) is 2.12. The summed E-state index contributed by atoms with van der Waals surface area (Å²) in [7, 11) is 3.82. The van der Waals surface area contributed by atoms with Gasteiger partial charge in [-0.2, -0.15) is 0 Å². The zero-order valence-electron chi connectivity index (χ0n) is 10.9.